The molecule has 0 radical (unpaired) electrons. The fourth-order valence-corrected chi connectivity index (χ4v) is 5.54. The zero-order valence-corrected chi connectivity index (χ0v) is 24.2. The number of nitrogens with one attached hydrogen (secondary N) is 4. The normalized spacial score (nSPS) is 11.7. The van der Waals surface area contributed by atoms with E-state index in [1.54, 1.807) is 0 Å². The average molecular weight is 557 g/mol. The first-order valence-corrected chi connectivity index (χ1v) is 15.0. The van der Waals surface area contributed by atoms with E-state index in [0.29, 0.717) is 0 Å². The maximum atomic E-state index is 4.13. The molecule has 0 spiro atoms. The van der Waals surface area contributed by atoms with Gasteiger partial charge in [0.05, 0.1) is 11.7 Å². The number of hydrogen-bond acceptors (Lipinski definition) is 5. The largest absolute Gasteiger partial charge is 0.311 e. The fraction of sp³-hybridized carbons (Fsp3) is 0.250. The van der Waals surface area contributed by atoms with Crippen molar-refractivity contribution in [2.75, 3.05) is 39.3 Å². The monoisotopic (exact) mass is 556 g/mol. The smallest absolute Gasteiger partial charge is 0.0650 e. The van der Waals surface area contributed by atoms with Crippen molar-refractivity contribution in [3.63, 3.8) is 0 Å². The van der Waals surface area contributed by atoms with Crippen LogP contribution in [0.5, 0.6) is 0 Å². The topological polar surface area (TPSA) is 68.0 Å². The van der Waals surface area contributed by atoms with Crippen LogP contribution in [0.2, 0.25) is 0 Å². The molecule has 0 atom stereocenters. The number of rotatable bonds is 15. The Labute approximate surface area is 248 Å². The van der Waals surface area contributed by atoms with Crippen LogP contribution in [0.4, 0.5) is 0 Å². The maximum Gasteiger partial charge on any atom is 0.0650 e. The van der Waals surface area contributed by atoms with Gasteiger partial charge in [-0.1, -0.05) is 78.9 Å². The van der Waals surface area contributed by atoms with Gasteiger partial charge in [0.1, 0.15) is 0 Å². The van der Waals surface area contributed by atoms with E-state index in [1.165, 1.54) is 38.2 Å². The van der Waals surface area contributed by atoms with Gasteiger partial charge in [-0.2, -0.15) is 5.10 Å². The molecule has 1 heterocycles. The third-order valence-corrected chi connectivity index (χ3v) is 7.93. The number of aromatic amines is 1. The second-order valence-corrected chi connectivity index (χ2v) is 11.0. The van der Waals surface area contributed by atoms with Gasteiger partial charge in [0, 0.05) is 64.3 Å². The molecule has 0 aliphatic carbocycles. The molecular formula is C36H40N6. The quantitative estimate of drug-likeness (QED) is 0.120. The Morgan fingerprint density at radius 2 is 0.952 bits per heavy atom. The van der Waals surface area contributed by atoms with Crippen LogP contribution >= 0.6 is 0 Å². The minimum Gasteiger partial charge on any atom is -0.311 e. The molecule has 4 N–H and O–H groups in total. The molecule has 6 heteroatoms. The van der Waals surface area contributed by atoms with Gasteiger partial charge in [-0.05, 0) is 62.5 Å². The molecule has 0 aliphatic heterocycles. The highest BCUT2D eigenvalue weighted by Crippen LogP contribution is 2.17. The SMILES string of the molecule is c1ccc2cc(CNCCN(CCNCc3ccc4ccccc4c3)CCNCc3ccc4[nH]ncc4c3)ccc2c1. The predicted molar refractivity (Wildman–Crippen MR) is 176 cm³/mol. The molecule has 0 fully saturated rings. The van der Waals surface area contributed by atoms with E-state index in [9.17, 15) is 0 Å². The summed E-state index contributed by atoms with van der Waals surface area (Å²) in [6.45, 7) is 8.49. The van der Waals surface area contributed by atoms with Crippen LogP contribution in [0, 0.1) is 0 Å². The Morgan fingerprint density at radius 3 is 1.48 bits per heavy atom. The lowest BCUT2D eigenvalue weighted by Crippen LogP contribution is -2.40. The molecule has 0 amide bonds. The first-order valence-electron chi connectivity index (χ1n) is 15.0. The highest BCUT2D eigenvalue weighted by Gasteiger charge is 2.06. The van der Waals surface area contributed by atoms with E-state index < -0.39 is 0 Å². The van der Waals surface area contributed by atoms with Crippen molar-refractivity contribution in [1.82, 2.24) is 31.0 Å². The molecule has 1 aromatic heterocycles. The summed E-state index contributed by atoms with van der Waals surface area (Å²) in [6.07, 6.45) is 1.89. The minimum absolute atomic E-state index is 0.857. The van der Waals surface area contributed by atoms with Crippen LogP contribution in [0.15, 0.2) is 109 Å². The van der Waals surface area contributed by atoms with E-state index in [4.69, 9.17) is 0 Å². The lowest BCUT2D eigenvalue weighted by atomic mass is 10.1. The summed E-state index contributed by atoms with van der Waals surface area (Å²) in [5.74, 6) is 0. The zero-order valence-electron chi connectivity index (χ0n) is 24.2. The fourth-order valence-electron chi connectivity index (χ4n) is 5.54. The van der Waals surface area contributed by atoms with Gasteiger partial charge in [-0.3, -0.25) is 10.00 Å². The first-order chi connectivity index (χ1) is 20.8. The molecule has 0 unspecified atom stereocenters. The summed E-state index contributed by atoms with van der Waals surface area (Å²) in [7, 11) is 0. The van der Waals surface area contributed by atoms with Crippen molar-refractivity contribution in [3.05, 3.63) is 126 Å². The van der Waals surface area contributed by atoms with E-state index in [2.05, 4.69) is 134 Å². The molecule has 6 rings (SSSR count). The predicted octanol–water partition coefficient (Wildman–Crippen LogP) is 5.84. The molecule has 0 bridgehead atoms. The summed E-state index contributed by atoms with van der Waals surface area (Å²) in [4.78, 5) is 2.55. The van der Waals surface area contributed by atoms with Crippen LogP contribution in [0.25, 0.3) is 32.4 Å². The lowest BCUT2D eigenvalue weighted by molar-refractivity contribution is 0.271. The summed E-state index contributed by atoms with van der Waals surface area (Å²) < 4.78 is 0. The van der Waals surface area contributed by atoms with Crippen molar-refractivity contribution in [1.29, 1.82) is 0 Å². The summed E-state index contributed by atoms with van der Waals surface area (Å²) in [5.41, 5.74) is 5.02. The van der Waals surface area contributed by atoms with Crippen molar-refractivity contribution >= 4 is 32.4 Å². The Kier molecular flexibility index (Phi) is 9.49. The van der Waals surface area contributed by atoms with Crippen LogP contribution in [-0.4, -0.2) is 54.4 Å². The Balaban J connectivity index is 0.978. The summed E-state index contributed by atoms with van der Waals surface area (Å²) in [5, 5.41) is 24.5. The van der Waals surface area contributed by atoms with Crippen molar-refractivity contribution in [2.45, 2.75) is 19.6 Å². The van der Waals surface area contributed by atoms with Crippen LogP contribution in [0.3, 0.4) is 0 Å². The molecule has 42 heavy (non-hydrogen) atoms. The molecule has 0 aliphatic rings. The zero-order chi connectivity index (χ0) is 28.4. The highest BCUT2D eigenvalue weighted by molar-refractivity contribution is 5.83. The second-order valence-electron chi connectivity index (χ2n) is 11.0. The van der Waals surface area contributed by atoms with E-state index in [-0.39, 0.29) is 0 Å². The Hall–Kier alpha value is -4.07. The summed E-state index contributed by atoms with van der Waals surface area (Å²) in [6, 6.07) is 37.1. The first kappa shape index (κ1) is 28.1. The Bertz CT molecular complexity index is 1640. The standard InChI is InChI=1S/C36H40N6/c1-3-7-33-21-28(9-12-31(33)5-1)24-37-15-18-42(20-17-39-26-30-11-14-36-35(23-30)27-40-41-36)19-16-38-25-29-10-13-32-6-2-4-8-34(32)22-29/h1-14,21-23,27,37-39H,15-20,24-26H2,(H,40,41). The molecule has 6 nitrogen and oxygen atoms in total. The van der Waals surface area contributed by atoms with Gasteiger partial charge in [-0.25, -0.2) is 0 Å². The molecule has 0 saturated carbocycles. The van der Waals surface area contributed by atoms with Gasteiger partial charge in [0.2, 0.25) is 0 Å². The second kappa shape index (κ2) is 14.2. The molecular weight excluding hydrogens is 516 g/mol. The number of benzene rings is 5. The molecule has 5 aromatic carbocycles. The Morgan fingerprint density at radius 1 is 0.500 bits per heavy atom. The summed E-state index contributed by atoms with van der Waals surface area (Å²) >= 11 is 0. The highest BCUT2D eigenvalue weighted by atomic mass is 15.2. The van der Waals surface area contributed by atoms with Crippen LogP contribution in [-0.2, 0) is 19.6 Å². The number of H-pyrrole nitrogens is 1. The molecule has 214 valence electrons. The minimum atomic E-state index is 0.857. The van der Waals surface area contributed by atoms with Gasteiger partial charge < -0.3 is 16.0 Å². The molecule has 6 aromatic rings. The van der Waals surface area contributed by atoms with Crippen LogP contribution in [0.1, 0.15) is 16.7 Å². The van der Waals surface area contributed by atoms with Crippen molar-refractivity contribution < 1.29 is 0 Å². The van der Waals surface area contributed by atoms with E-state index in [1.807, 2.05) is 6.20 Å². The number of fused-ring (bicyclic) bond motifs is 3. The van der Waals surface area contributed by atoms with Gasteiger partial charge in [-0.15, -0.1) is 0 Å². The van der Waals surface area contributed by atoms with Crippen molar-refractivity contribution in [3.8, 4) is 0 Å². The third-order valence-electron chi connectivity index (χ3n) is 7.93. The van der Waals surface area contributed by atoms with Gasteiger partial charge >= 0.3 is 0 Å². The third kappa shape index (κ3) is 7.60. The van der Waals surface area contributed by atoms with E-state index >= 15 is 0 Å². The number of aromatic nitrogens is 2. The van der Waals surface area contributed by atoms with Gasteiger partial charge in [0.25, 0.3) is 0 Å². The van der Waals surface area contributed by atoms with Gasteiger partial charge in [0.15, 0.2) is 0 Å². The lowest BCUT2D eigenvalue weighted by Gasteiger charge is -2.23. The van der Waals surface area contributed by atoms with Crippen molar-refractivity contribution in [2.24, 2.45) is 0 Å². The molecule has 0 saturated heterocycles. The average Bonchev–Trinajstić information content (AvgIpc) is 3.51. The van der Waals surface area contributed by atoms with Crippen LogP contribution < -0.4 is 16.0 Å². The van der Waals surface area contributed by atoms with E-state index in [0.717, 1.165) is 69.8 Å². The maximum absolute atomic E-state index is 4.13. The number of nitrogens with zero attached hydrogens (tertiary/aromatic N) is 2. The number of hydrogen-bond donors (Lipinski definition) is 4.